The molecule has 0 unspecified atom stereocenters. The zero-order valence-electron chi connectivity index (χ0n) is 14.2. The fourth-order valence-corrected chi connectivity index (χ4v) is 3.19. The van der Waals surface area contributed by atoms with Crippen molar-refractivity contribution in [2.45, 2.75) is 13.3 Å². The second-order valence-corrected chi connectivity index (χ2v) is 6.00. The Kier molecular flexibility index (Phi) is 3.69. The predicted octanol–water partition coefficient (Wildman–Crippen LogP) is 3.50. The van der Waals surface area contributed by atoms with Crippen LogP contribution in [0.15, 0.2) is 60.8 Å². The Morgan fingerprint density at radius 2 is 1.72 bits per heavy atom. The minimum Gasteiger partial charge on any atom is -0.710 e. The number of rotatable bonds is 3. The van der Waals surface area contributed by atoms with E-state index in [4.69, 9.17) is 0 Å². The molecule has 0 saturated carbocycles. The molecule has 0 saturated heterocycles. The Morgan fingerprint density at radius 1 is 1.00 bits per heavy atom. The molecular weight excluding hydrogens is 312 g/mol. The summed E-state index contributed by atoms with van der Waals surface area (Å²) in [5, 5.41) is 22.6. The van der Waals surface area contributed by atoms with Gasteiger partial charge in [-0.25, -0.2) is 4.73 Å². The maximum atomic E-state index is 13.1. The van der Waals surface area contributed by atoms with E-state index >= 15 is 0 Å². The molecule has 0 N–H and O–H groups in total. The quantitative estimate of drug-likeness (QED) is 0.427. The zero-order chi connectivity index (χ0) is 17.4. The van der Waals surface area contributed by atoms with E-state index in [1.54, 1.807) is 0 Å². The standard InChI is InChI=1S/C20H18N4O/c1-3-18-21-22-19(14-9-5-4-6-10-14)20(24(18)25)16-13-23(2)17-12-8-7-11-15(16)17/h4-13H,3H2,1-2H3. The van der Waals surface area contributed by atoms with Crippen LogP contribution in [0, 0.1) is 5.21 Å². The Morgan fingerprint density at radius 3 is 2.48 bits per heavy atom. The molecule has 0 aliphatic rings. The Bertz CT molecular complexity index is 1050. The van der Waals surface area contributed by atoms with Crippen molar-refractivity contribution in [3.63, 3.8) is 0 Å². The fourth-order valence-electron chi connectivity index (χ4n) is 3.19. The van der Waals surface area contributed by atoms with Gasteiger partial charge in [-0.15, -0.1) is 0 Å². The van der Waals surface area contributed by atoms with Crippen molar-refractivity contribution in [1.82, 2.24) is 14.8 Å². The normalized spacial score (nSPS) is 11.1. The lowest BCUT2D eigenvalue weighted by atomic mass is 10.0. The summed E-state index contributed by atoms with van der Waals surface area (Å²) in [6, 6.07) is 17.8. The van der Waals surface area contributed by atoms with Crippen LogP contribution in [0.25, 0.3) is 33.4 Å². The zero-order valence-corrected chi connectivity index (χ0v) is 14.2. The first-order chi connectivity index (χ1) is 12.2. The van der Waals surface area contributed by atoms with Crippen LogP contribution in [0.4, 0.5) is 0 Å². The summed E-state index contributed by atoms with van der Waals surface area (Å²) in [4.78, 5) is 0. The lowest BCUT2D eigenvalue weighted by Crippen LogP contribution is -2.37. The average Bonchev–Trinajstić information content (AvgIpc) is 2.99. The van der Waals surface area contributed by atoms with E-state index in [-0.39, 0.29) is 0 Å². The van der Waals surface area contributed by atoms with Crippen molar-refractivity contribution in [3.05, 3.63) is 71.8 Å². The largest absolute Gasteiger partial charge is 0.710 e. The maximum Gasteiger partial charge on any atom is 0.329 e. The van der Waals surface area contributed by atoms with Crippen molar-refractivity contribution in [2.75, 3.05) is 0 Å². The van der Waals surface area contributed by atoms with Gasteiger partial charge < -0.3 is 9.77 Å². The molecule has 2 aromatic carbocycles. The first kappa shape index (κ1) is 15.3. The number of hydrogen-bond acceptors (Lipinski definition) is 3. The molecule has 0 fully saturated rings. The van der Waals surface area contributed by atoms with E-state index in [0.29, 0.717) is 23.6 Å². The SMILES string of the molecule is CCc1nnc(-c2ccccc2)c(-c2cn(C)c3ccccc23)[n+]1[O-]. The highest BCUT2D eigenvalue weighted by Crippen LogP contribution is 2.33. The van der Waals surface area contributed by atoms with Gasteiger partial charge in [-0.1, -0.05) is 55.5 Å². The van der Waals surface area contributed by atoms with E-state index in [9.17, 15) is 5.21 Å². The van der Waals surface area contributed by atoms with Crippen LogP contribution in [0.2, 0.25) is 0 Å². The van der Waals surface area contributed by atoms with Gasteiger partial charge in [-0.3, -0.25) is 0 Å². The number of nitrogens with zero attached hydrogens (tertiary/aromatic N) is 4. The molecule has 0 spiro atoms. The lowest BCUT2D eigenvalue weighted by Gasteiger charge is -2.13. The summed E-state index contributed by atoms with van der Waals surface area (Å²) < 4.78 is 2.96. The number of fused-ring (bicyclic) bond motifs is 1. The van der Waals surface area contributed by atoms with Crippen molar-refractivity contribution < 1.29 is 4.73 Å². The molecule has 0 aliphatic carbocycles. The molecule has 5 nitrogen and oxygen atoms in total. The summed E-state index contributed by atoms with van der Waals surface area (Å²) in [6.07, 6.45) is 2.52. The second kappa shape index (κ2) is 6.02. The number of benzene rings is 2. The lowest BCUT2D eigenvalue weighted by molar-refractivity contribution is -0.606. The van der Waals surface area contributed by atoms with Crippen molar-refractivity contribution in [1.29, 1.82) is 0 Å². The molecule has 4 rings (SSSR count). The van der Waals surface area contributed by atoms with Gasteiger partial charge in [0.25, 0.3) is 0 Å². The van der Waals surface area contributed by atoms with Gasteiger partial charge in [0.05, 0.1) is 11.5 Å². The van der Waals surface area contributed by atoms with E-state index in [2.05, 4.69) is 10.2 Å². The highest BCUT2D eigenvalue weighted by molar-refractivity contribution is 5.97. The van der Waals surface area contributed by atoms with E-state index in [1.165, 1.54) is 0 Å². The Labute approximate surface area is 145 Å². The molecule has 0 amide bonds. The maximum absolute atomic E-state index is 13.1. The highest BCUT2D eigenvalue weighted by atomic mass is 16.5. The summed E-state index contributed by atoms with van der Waals surface area (Å²) >= 11 is 0. The van der Waals surface area contributed by atoms with Gasteiger partial charge in [0.2, 0.25) is 0 Å². The number of hydrogen-bond donors (Lipinski definition) is 0. The third-order valence-electron chi connectivity index (χ3n) is 4.44. The van der Waals surface area contributed by atoms with Gasteiger partial charge in [0.1, 0.15) is 0 Å². The molecule has 5 heteroatoms. The van der Waals surface area contributed by atoms with Crippen LogP contribution in [0.3, 0.4) is 0 Å². The molecule has 4 aromatic rings. The summed E-state index contributed by atoms with van der Waals surface area (Å²) in [6.45, 7) is 1.91. The third-order valence-corrected chi connectivity index (χ3v) is 4.44. The predicted molar refractivity (Wildman–Crippen MR) is 97.7 cm³/mol. The smallest absolute Gasteiger partial charge is 0.329 e. The summed E-state index contributed by atoms with van der Waals surface area (Å²) in [7, 11) is 1.98. The molecule has 124 valence electrons. The molecule has 25 heavy (non-hydrogen) atoms. The average molecular weight is 330 g/mol. The first-order valence-electron chi connectivity index (χ1n) is 8.29. The van der Waals surface area contributed by atoms with E-state index in [1.807, 2.05) is 79.3 Å². The number of aryl methyl sites for hydroxylation is 2. The van der Waals surface area contributed by atoms with E-state index in [0.717, 1.165) is 26.8 Å². The molecule has 2 heterocycles. The van der Waals surface area contributed by atoms with Crippen LogP contribution in [-0.4, -0.2) is 14.8 Å². The molecule has 0 bridgehead atoms. The first-order valence-corrected chi connectivity index (χ1v) is 8.29. The number of para-hydroxylation sites is 1. The van der Waals surface area contributed by atoms with Gasteiger partial charge in [-0.05, 0) is 11.2 Å². The second-order valence-electron chi connectivity index (χ2n) is 6.00. The summed E-state index contributed by atoms with van der Waals surface area (Å²) in [5.74, 6) is 0.419. The van der Waals surface area contributed by atoms with Crippen LogP contribution in [0.5, 0.6) is 0 Å². The minimum atomic E-state index is 0.419. The van der Waals surface area contributed by atoms with Gasteiger partial charge in [0.15, 0.2) is 11.4 Å². The highest BCUT2D eigenvalue weighted by Gasteiger charge is 2.23. The molecule has 0 aliphatic heterocycles. The topological polar surface area (TPSA) is 57.7 Å². The minimum absolute atomic E-state index is 0.419. The Balaban J connectivity index is 2.09. The van der Waals surface area contributed by atoms with Crippen molar-refractivity contribution >= 4 is 10.9 Å². The van der Waals surface area contributed by atoms with Crippen LogP contribution in [-0.2, 0) is 13.5 Å². The number of aromatic nitrogens is 4. The van der Waals surface area contributed by atoms with Gasteiger partial charge >= 0.3 is 5.82 Å². The van der Waals surface area contributed by atoms with Crippen LogP contribution < -0.4 is 4.73 Å². The summed E-state index contributed by atoms with van der Waals surface area (Å²) in [5.41, 5.74) is 3.98. The third kappa shape index (κ3) is 2.45. The van der Waals surface area contributed by atoms with Gasteiger partial charge in [0, 0.05) is 35.3 Å². The van der Waals surface area contributed by atoms with Gasteiger partial charge in [-0.2, -0.15) is 0 Å². The molecule has 0 radical (unpaired) electrons. The van der Waals surface area contributed by atoms with Crippen molar-refractivity contribution in [2.24, 2.45) is 7.05 Å². The van der Waals surface area contributed by atoms with E-state index < -0.39 is 0 Å². The van der Waals surface area contributed by atoms with Crippen LogP contribution >= 0.6 is 0 Å². The molecule has 0 atom stereocenters. The monoisotopic (exact) mass is 330 g/mol. The van der Waals surface area contributed by atoms with Crippen molar-refractivity contribution in [3.8, 4) is 22.5 Å². The fraction of sp³-hybridized carbons (Fsp3) is 0.150. The molecule has 2 aromatic heterocycles. The Hall–Kier alpha value is -3.21. The van der Waals surface area contributed by atoms with Crippen LogP contribution in [0.1, 0.15) is 12.7 Å². The molecular formula is C20H18N4O.